The van der Waals surface area contributed by atoms with E-state index in [0.29, 0.717) is 0 Å². The first-order chi connectivity index (χ1) is 7.33. The van der Waals surface area contributed by atoms with Crippen LogP contribution in [0.25, 0.3) is 0 Å². The van der Waals surface area contributed by atoms with Gasteiger partial charge in [0.05, 0.1) is 12.3 Å². The van der Waals surface area contributed by atoms with Crippen molar-refractivity contribution in [3.8, 4) is 0 Å². The lowest BCUT2D eigenvalue weighted by Gasteiger charge is -2.04. The minimum Gasteiger partial charge on any atom is -0.390 e. The minimum absolute atomic E-state index is 0.00185. The van der Waals surface area contributed by atoms with Gasteiger partial charge in [-0.25, -0.2) is 4.68 Å². The van der Waals surface area contributed by atoms with Crippen LogP contribution in [0.3, 0.4) is 0 Å². The van der Waals surface area contributed by atoms with E-state index in [4.69, 9.17) is 5.11 Å². The second-order valence-corrected chi connectivity index (χ2v) is 3.78. The number of aliphatic hydroxyl groups is 1. The first-order valence-electron chi connectivity index (χ1n) is 5.85. The third-order valence-corrected chi connectivity index (χ3v) is 2.63. The maximum absolute atomic E-state index is 9.06. The average Bonchev–Trinajstić information content (AvgIpc) is 2.66. The number of hydrogen-bond donors (Lipinski definition) is 1. The predicted molar refractivity (Wildman–Crippen MR) is 59.5 cm³/mol. The molecule has 0 aliphatic rings. The van der Waals surface area contributed by atoms with Crippen molar-refractivity contribution in [2.75, 3.05) is 0 Å². The Kier molecular flexibility index (Phi) is 5.32. The van der Waals surface area contributed by atoms with Crippen LogP contribution in [0.4, 0.5) is 0 Å². The zero-order valence-electron chi connectivity index (χ0n) is 9.74. The highest BCUT2D eigenvalue weighted by Crippen LogP contribution is 2.08. The maximum atomic E-state index is 9.06. The Bertz CT molecular complexity index is 283. The van der Waals surface area contributed by atoms with Crippen LogP contribution in [-0.2, 0) is 19.6 Å². The molecule has 0 radical (unpaired) electrons. The third kappa shape index (κ3) is 3.30. The van der Waals surface area contributed by atoms with Crippen molar-refractivity contribution >= 4 is 0 Å². The lowest BCUT2D eigenvalue weighted by atomic mass is 10.2. The quantitative estimate of drug-likeness (QED) is 0.701. The SMILES string of the molecule is CCCCCCn1nnc(CO)c1CC. The summed E-state index contributed by atoms with van der Waals surface area (Å²) >= 11 is 0. The highest BCUT2D eigenvalue weighted by molar-refractivity contribution is 5.08. The smallest absolute Gasteiger partial charge is 0.111 e. The normalized spacial score (nSPS) is 10.9. The Morgan fingerprint density at radius 3 is 2.60 bits per heavy atom. The Morgan fingerprint density at radius 1 is 1.20 bits per heavy atom. The number of unbranched alkanes of at least 4 members (excludes halogenated alkanes) is 3. The van der Waals surface area contributed by atoms with Gasteiger partial charge < -0.3 is 5.11 Å². The number of aromatic nitrogens is 3. The molecule has 0 unspecified atom stereocenters. The largest absolute Gasteiger partial charge is 0.390 e. The topological polar surface area (TPSA) is 50.9 Å². The molecule has 1 rings (SSSR count). The molecule has 1 heterocycles. The van der Waals surface area contributed by atoms with Crippen molar-refractivity contribution in [1.29, 1.82) is 0 Å². The number of aliphatic hydroxyl groups excluding tert-OH is 1. The summed E-state index contributed by atoms with van der Waals surface area (Å²) in [6, 6.07) is 0. The molecule has 86 valence electrons. The van der Waals surface area contributed by atoms with Crippen molar-refractivity contribution in [3.05, 3.63) is 11.4 Å². The molecule has 0 amide bonds. The van der Waals surface area contributed by atoms with E-state index in [-0.39, 0.29) is 6.61 Å². The van der Waals surface area contributed by atoms with Gasteiger partial charge in [-0.2, -0.15) is 0 Å². The van der Waals surface area contributed by atoms with Crippen LogP contribution in [-0.4, -0.2) is 20.1 Å². The Labute approximate surface area is 91.3 Å². The van der Waals surface area contributed by atoms with E-state index < -0.39 is 0 Å². The van der Waals surface area contributed by atoms with Gasteiger partial charge in [-0.15, -0.1) is 5.10 Å². The van der Waals surface area contributed by atoms with Gasteiger partial charge in [0.2, 0.25) is 0 Å². The maximum Gasteiger partial charge on any atom is 0.111 e. The van der Waals surface area contributed by atoms with Gasteiger partial charge in [0, 0.05) is 6.54 Å². The van der Waals surface area contributed by atoms with Gasteiger partial charge in [-0.05, 0) is 12.8 Å². The molecule has 4 heteroatoms. The number of aryl methyl sites for hydroxylation is 1. The first kappa shape index (κ1) is 12.2. The van der Waals surface area contributed by atoms with E-state index in [1.165, 1.54) is 19.3 Å². The highest BCUT2D eigenvalue weighted by Gasteiger charge is 2.09. The summed E-state index contributed by atoms with van der Waals surface area (Å²) in [4.78, 5) is 0. The fourth-order valence-electron chi connectivity index (χ4n) is 1.75. The van der Waals surface area contributed by atoms with Gasteiger partial charge >= 0.3 is 0 Å². The summed E-state index contributed by atoms with van der Waals surface area (Å²) in [5, 5.41) is 17.1. The van der Waals surface area contributed by atoms with E-state index >= 15 is 0 Å². The zero-order valence-corrected chi connectivity index (χ0v) is 9.74. The van der Waals surface area contributed by atoms with Crippen LogP contribution in [0.1, 0.15) is 50.9 Å². The number of nitrogens with zero attached hydrogens (tertiary/aromatic N) is 3. The van der Waals surface area contributed by atoms with Crippen LogP contribution in [0.2, 0.25) is 0 Å². The summed E-state index contributed by atoms with van der Waals surface area (Å²) in [5.74, 6) is 0. The molecule has 4 nitrogen and oxygen atoms in total. The lowest BCUT2D eigenvalue weighted by molar-refractivity contribution is 0.275. The molecule has 0 aliphatic heterocycles. The number of rotatable bonds is 7. The average molecular weight is 211 g/mol. The van der Waals surface area contributed by atoms with Gasteiger partial charge in [-0.1, -0.05) is 38.3 Å². The molecule has 0 saturated heterocycles. The molecule has 1 aromatic rings. The molecule has 15 heavy (non-hydrogen) atoms. The van der Waals surface area contributed by atoms with Gasteiger partial charge in [0.15, 0.2) is 0 Å². The van der Waals surface area contributed by atoms with Crippen molar-refractivity contribution in [3.63, 3.8) is 0 Å². The van der Waals surface area contributed by atoms with Crippen LogP contribution in [0, 0.1) is 0 Å². The van der Waals surface area contributed by atoms with E-state index in [9.17, 15) is 0 Å². The van der Waals surface area contributed by atoms with E-state index in [1.807, 2.05) is 4.68 Å². The second-order valence-electron chi connectivity index (χ2n) is 3.78. The molecular weight excluding hydrogens is 190 g/mol. The number of hydrogen-bond acceptors (Lipinski definition) is 3. The predicted octanol–water partition coefficient (Wildman–Crippen LogP) is 1.91. The molecule has 0 atom stereocenters. The second kappa shape index (κ2) is 6.56. The Hall–Kier alpha value is -0.900. The van der Waals surface area contributed by atoms with Crippen LogP contribution >= 0.6 is 0 Å². The van der Waals surface area contributed by atoms with Crippen molar-refractivity contribution in [2.45, 2.75) is 59.1 Å². The van der Waals surface area contributed by atoms with Crippen LogP contribution in [0.5, 0.6) is 0 Å². The van der Waals surface area contributed by atoms with Gasteiger partial charge in [-0.3, -0.25) is 0 Å². The molecule has 1 aromatic heterocycles. The molecular formula is C11H21N3O. The summed E-state index contributed by atoms with van der Waals surface area (Å²) < 4.78 is 1.93. The Balaban J connectivity index is 2.49. The van der Waals surface area contributed by atoms with Gasteiger partial charge in [0.25, 0.3) is 0 Å². The fourth-order valence-corrected chi connectivity index (χ4v) is 1.75. The summed E-state index contributed by atoms with van der Waals surface area (Å²) in [6.07, 6.45) is 5.81. The summed E-state index contributed by atoms with van der Waals surface area (Å²) in [7, 11) is 0. The Morgan fingerprint density at radius 2 is 2.00 bits per heavy atom. The molecule has 0 aromatic carbocycles. The van der Waals surface area contributed by atoms with E-state index in [1.54, 1.807) is 0 Å². The molecule has 0 bridgehead atoms. The van der Waals surface area contributed by atoms with Crippen molar-refractivity contribution < 1.29 is 5.11 Å². The van der Waals surface area contributed by atoms with Crippen LogP contribution in [0.15, 0.2) is 0 Å². The summed E-state index contributed by atoms with van der Waals surface area (Å²) in [6.45, 7) is 5.20. The first-order valence-corrected chi connectivity index (χ1v) is 5.85. The van der Waals surface area contributed by atoms with E-state index in [0.717, 1.165) is 30.8 Å². The van der Waals surface area contributed by atoms with E-state index in [2.05, 4.69) is 24.2 Å². The minimum atomic E-state index is -0.00185. The van der Waals surface area contributed by atoms with Crippen LogP contribution < -0.4 is 0 Å². The summed E-state index contributed by atoms with van der Waals surface area (Å²) in [5.41, 5.74) is 1.81. The van der Waals surface area contributed by atoms with Crippen molar-refractivity contribution in [1.82, 2.24) is 15.0 Å². The highest BCUT2D eigenvalue weighted by atomic mass is 16.3. The monoisotopic (exact) mass is 211 g/mol. The molecule has 1 N–H and O–H groups in total. The molecule has 0 saturated carbocycles. The fraction of sp³-hybridized carbons (Fsp3) is 0.818. The molecule has 0 spiro atoms. The standard InChI is InChI=1S/C11H21N3O/c1-3-5-6-7-8-14-11(4-2)10(9-15)12-13-14/h15H,3-9H2,1-2H3. The lowest BCUT2D eigenvalue weighted by Crippen LogP contribution is -2.05. The third-order valence-electron chi connectivity index (χ3n) is 2.63. The molecule has 0 aliphatic carbocycles. The van der Waals surface area contributed by atoms with Gasteiger partial charge in [0.1, 0.15) is 5.69 Å². The zero-order chi connectivity index (χ0) is 11.1. The molecule has 0 fully saturated rings. The van der Waals surface area contributed by atoms with Crippen molar-refractivity contribution in [2.24, 2.45) is 0 Å².